The molecule has 3 unspecified atom stereocenters. The Morgan fingerprint density at radius 1 is 0.509 bits per heavy atom. The van der Waals surface area contributed by atoms with Gasteiger partial charge >= 0.3 is 0 Å². The number of rotatable bonds is 41. The Morgan fingerprint density at radius 3 is 1.26 bits per heavy atom. The van der Waals surface area contributed by atoms with E-state index in [4.69, 9.17) is 14.6 Å². The maximum atomic E-state index is 10.4. The van der Waals surface area contributed by atoms with Crippen LogP contribution in [-0.4, -0.2) is 72.3 Å². The number of aliphatic hydroxyl groups is 2. The predicted octanol–water partition coefficient (Wildman–Crippen LogP) is 15.1. The minimum atomic E-state index is -0.622. The lowest BCUT2D eigenvalue weighted by Crippen LogP contribution is -2.28. The van der Waals surface area contributed by atoms with E-state index in [1.54, 1.807) is 0 Å². The Balaban J connectivity index is -0.000000306. The number of carbonyl (C=O) groups excluding carboxylic acids is 1. The molecular weight excluding hydrogens is 821 g/mol. The number of alkyl halides is 1. The molecule has 7 heteroatoms. The van der Waals surface area contributed by atoms with Crippen molar-refractivity contribution in [3.63, 3.8) is 0 Å². The molecule has 0 bridgehead atoms. The number of halogens is 1. The molecule has 0 aromatic heterocycles. The van der Waals surface area contributed by atoms with Crippen LogP contribution in [0.25, 0.3) is 0 Å². The van der Waals surface area contributed by atoms with Gasteiger partial charge in [-0.3, -0.25) is 4.79 Å². The summed E-state index contributed by atoms with van der Waals surface area (Å²) in [5.74, 6) is 1.19. The van der Waals surface area contributed by atoms with Gasteiger partial charge in [0.25, 0.3) is 6.47 Å². The zero-order valence-corrected chi connectivity index (χ0v) is 42.0. The zero-order chi connectivity index (χ0) is 43.9. The molecule has 2 N–H and O–H groups in total. The first-order valence-electron chi connectivity index (χ1n) is 24.4. The number of nitrogens with zero attached hydrogens (tertiary/aromatic N) is 1. The molecule has 0 radical (unpaired) electrons. The number of terminal acetylenes is 1. The average molecular weight is 926 g/mol. The molecule has 6 nitrogen and oxygen atoms in total. The van der Waals surface area contributed by atoms with Gasteiger partial charge in [0, 0.05) is 6.61 Å². The van der Waals surface area contributed by atoms with Crippen molar-refractivity contribution in [2.75, 3.05) is 44.4 Å². The second kappa shape index (κ2) is 64.7. The van der Waals surface area contributed by atoms with E-state index in [9.17, 15) is 9.90 Å². The Morgan fingerprint density at radius 2 is 0.860 bits per heavy atom. The zero-order valence-electron chi connectivity index (χ0n) is 39.9. The summed E-state index contributed by atoms with van der Waals surface area (Å²) in [6.07, 6.45) is 45.0. The van der Waals surface area contributed by atoms with Crippen LogP contribution in [0.3, 0.4) is 0 Å². The minimum absolute atomic E-state index is 0.284. The molecule has 0 saturated carbocycles. The van der Waals surface area contributed by atoms with Crippen molar-refractivity contribution in [1.29, 1.82) is 0 Å². The quantitative estimate of drug-likeness (QED) is 0.0159. The van der Waals surface area contributed by atoms with Crippen molar-refractivity contribution in [2.24, 2.45) is 11.8 Å². The van der Waals surface area contributed by atoms with E-state index in [1.807, 2.05) is 18.8 Å². The van der Waals surface area contributed by atoms with E-state index >= 15 is 0 Å². The number of carbonyl (C=O) groups is 1. The smallest absolute Gasteiger partial charge is 0.293 e. The summed E-state index contributed by atoms with van der Waals surface area (Å²) in [6.45, 7) is 20.7. The van der Waals surface area contributed by atoms with Gasteiger partial charge < -0.3 is 24.6 Å². The fourth-order valence-electron chi connectivity index (χ4n) is 6.93. The largest absolute Gasteiger partial charge is 0.468 e. The molecule has 0 aromatic carbocycles. The van der Waals surface area contributed by atoms with Crippen molar-refractivity contribution in [1.82, 2.24) is 4.90 Å². The second-order valence-corrected chi connectivity index (χ2v) is 15.5. The van der Waals surface area contributed by atoms with Crippen molar-refractivity contribution < 1.29 is 24.5 Å². The maximum Gasteiger partial charge on any atom is 0.293 e. The lowest BCUT2D eigenvalue weighted by molar-refractivity contribution is -0.130. The van der Waals surface area contributed by atoms with E-state index in [1.165, 1.54) is 167 Å². The van der Waals surface area contributed by atoms with E-state index in [0.717, 1.165) is 51.9 Å². The highest BCUT2D eigenvalue weighted by Crippen LogP contribution is 2.21. The first kappa shape index (κ1) is 65.7. The van der Waals surface area contributed by atoms with Gasteiger partial charge in [-0.05, 0) is 94.2 Å². The van der Waals surface area contributed by atoms with E-state index in [-0.39, 0.29) is 6.61 Å². The number of unbranched alkanes of at least 4 members (excludes halogenated alkanes) is 18. The molecule has 0 aliphatic rings. The van der Waals surface area contributed by atoms with E-state index < -0.39 is 6.29 Å². The van der Waals surface area contributed by atoms with Crippen LogP contribution in [0, 0.1) is 24.7 Å². The highest BCUT2D eigenvalue weighted by Gasteiger charge is 2.14. The van der Waals surface area contributed by atoms with Gasteiger partial charge in [0.2, 0.25) is 0 Å². The third kappa shape index (κ3) is 60.0. The molecule has 0 aliphatic carbocycles. The van der Waals surface area contributed by atoms with Crippen LogP contribution < -0.4 is 0 Å². The molecule has 346 valence electrons. The topological polar surface area (TPSA) is 79.2 Å². The fourth-order valence-corrected chi connectivity index (χ4v) is 6.93. The fraction of sp³-hybridized carbons (Fsp3) is 0.940. The van der Waals surface area contributed by atoms with Crippen LogP contribution in [-0.2, 0) is 14.3 Å². The molecule has 0 spiro atoms. The Kier molecular flexibility index (Phi) is 74.6. The highest BCUT2D eigenvalue weighted by atomic mass is 127. The Hall–Kier alpha value is -0.400. The summed E-state index contributed by atoms with van der Waals surface area (Å²) >= 11 is 2.15. The molecule has 0 fully saturated rings. The molecule has 0 aromatic rings. The molecule has 0 rings (SSSR count). The summed E-state index contributed by atoms with van der Waals surface area (Å²) in [6, 6.07) is 0. The standard InChI is InChI=1S/C28H59NO3.C17H34O2.C2H6.C2H2.CH3I/c1-4-7-10-12-13-15-20-27(19-14-11-8-5-2)26-32-28(31)21-18-24-29(22-9-6-3)23-16-17-25-30;1-3-5-7-9-10-12-14-17(15-19-16-18)13-11-8-6-4-2;3*1-2/h27-28,30-31H,4-26H2,1-3H3;16-17H,3-15H2,1-2H3;1-2H3;1-2H;1H3. The van der Waals surface area contributed by atoms with Gasteiger partial charge in [0.1, 0.15) is 0 Å². The Bertz CT molecular complexity index is 682. The Labute approximate surface area is 373 Å². The van der Waals surface area contributed by atoms with Gasteiger partial charge in [-0.1, -0.05) is 206 Å². The molecule has 0 heterocycles. The average Bonchev–Trinajstić information content (AvgIpc) is 3.25. The molecule has 0 amide bonds. The lowest BCUT2D eigenvalue weighted by atomic mass is 9.95. The first-order chi connectivity index (χ1) is 28.0. The van der Waals surface area contributed by atoms with E-state index in [0.29, 0.717) is 24.9 Å². The number of hydrogen-bond donors (Lipinski definition) is 2. The van der Waals surface area contributed by atoms with Crippen molar-refractivity contribution in [3.05, 3.63) is 0 Å². The lowest BCUT2D eigenvalue weighted by Gasteiger charge is -2.23. The number of hydrogen-bond acceptors (Lipinski definition) is 6. The summed E-state index contributed by atoms with van der Waals surface area (Å²) < 4.78 is 10.9. The van der Waals surface area contributed by atoms with Crippen molar-refractivity contribution in [2.45, 2.75) is 247 Å². The first-order valence-corrected chi connectivity index (χ1v) is 26.6. The SMILES string of the molecule is C#C.CC.CCCCCCCCC(CCCCCC)COC(O)CCCN(CCCC)CCCCO.CCCCCCCCC(CCCCCC)COC=O.CI. The number of ether oxygens (including phenoxy) is 2. The van der Waals surface area contributed by atoms with Crippen LogP contribution in [0.2, 0.25) is 0 Å². The van der Waals surface area contributed by atoms with Gasteiger partial charge in [-0.25, -0.2) is 0 Å². The van der Waals surface area contributed by atoms with Gasteiger partial charge in [-0.15, -0.1) is 12.8 Å². The summed E-state index contributed by atoms with van der Waals surface area (Å²) in [4.78, 5) is 14.8. The summed E-state index contributed by atoms with van der Waals surface area (Å²) in [7, 11) is 0. The molecule has 0 aliphatic heterocycles. The maximum absolute atomic E-state index is 10.4. The third-order valence-electron chi connectivity index (χ3n) is 10.4. The second-order valence-electron chi connectivity index (χ2n) is 15.5. The number of aliphatic hydroxyl groups excluding tert-OH is 2. The van der Waals surface area contributed by atoms with Gasteiger partial charge in [0.15, 0.2) is 6.29 Å². The third-order valence-corrected chi connectivity index (χ3v) is 10.4. The minimum Gasteiger partial charge on any atom is -0.468 e. The van der Waals surface area contributed by atoms with Crippen molar-refractivity contribution >= 4 is 29.1 Å². The van der Waals surface area contributed by atoms with Crippen LogP contribution in [0.15, 0.2) is 0 Å². The van der Waals surface area contributed by atoms with Crippen LogP contribution in [0.5, 0.6) is 0 Å². The van der Waals surface area contributed by atoms with Gasteiger partial charge in [-0.2, -0.15) is 0 Å². The molecule has 3 atom stereocenters. The van der Waals surface area contributed by atoms with E-state index in [2.05, 4.69) is 75.0 Å². The van der Waals surface area contributed by atoms with Crippen LogP contribution >= 0.6 is 22.6 Å². The summed E-state index contributed by atoms with van der Waals surface area (Å²) in [5, 5.41) is 19.4. The van der Waals surface area contributed by atoms with Crippen LogP contribution in [0.1, 0.15) is 241 Å². The normalized spacial score (nSPS) is 12.0. The predicted molar refractivity (Wildman–Crippen MR) is 263 cm³/mol. The molecular formula is C50H104INO5. The molecule has 0 saturated heterocycles. The summed E-state index contributed by atoms with van der Waals surface area (Å²) in [5.41, 5.74) is 0. The van der Waals surface area contributed by atoms with Crippen LogP contribution in [0.4, 0.5) is 0 Å². The molecule has 57 heavy (non-hydrogen) atoms. The van der Waals surface area contributed by atoms with Crippen molar-refractivity contribution in [3.8, 4) is 12.8 Å². The monoisotopic (exact) mass is 926 g/mol. The highest BCUT2D eigenvalue weighted by molar-refractivity contribution is 14.1. The van der Waals surface area contributed by atoms with Gasteiger partial charge in [0.05, 0.1) is 13.2 Å².